The Morgan fingerprint density at radius 1 is 1.08 bits per heavy atom. The normalized spacial score (nSPS) is 24.9. The van der Waals surface area contributed by atoms with Crippen molar-refractivity contribution in [1.82, 2.24) is 30.0 Å². The van der Waals surface area contributed by atoms with Gasteiger partial charge in [0.1, 0.15) is 16.0 Å². The summed E-state index contributed by atoms with van der Waals surface area (Å²) in [6, 6.07) is 0.0156. The molecule has 0 unspecified atom stereocenters. The Hall–Kier alpha value is -2.64. The number of H-pyrrole nitrogens is 1. The van der Waals surface area contributed by atoms with E-state index in [-0.39, 0.29) is 34.1 Å². The average Bonchev–Trinajstić information content (AvgIpc) is 3.64. The van der Waals surface area contributed by atoms with Crippen molar-refractivity contribution in [3.05, 3.63) is 34.0 Å². The second-order valence-corrected chi connectivity index (χ2v) is 12.2. The number of amides is 1. The third kappa shape index (κ3) is 6.10. The predicted octanol–water partition coefficient (Wildman–Crippen LogP) is 2.33. The topological polar surface area (TPSA) is 151 Å². The van der Waals surface area contributed by atoms with Gasteiger partial charge in [-0.05, 0) is 38.5 Å². The van der Waals surface area contributed by atoms with Crippen LogP contribution in [0.2, 0.25) is 5.02 Å². The first-order valence-corrected chi connectivity index (χ1v) is 14.7. The van der Waals surface area contributed by atoms with Crippen molar-refractivity contribution in [1.29, 1.82) is 0 Å². The second-order valence-electron chi connectivity index (χ2n) is 10.1. The van der Waals surface area contributed by atoms with E-state index < -0.39 is 21.7 Å². The molecule has 3 fully saturated rings. The molecule has 1 aliphatic heterocycles. The molecule has 202 valence electrons. The van der Waals surface area contributed by atoms with Crippen molar-refractivity contribution in [2.45, 2.75) is 86.9 Å². The summed E-state index contributed by atoms with van der Waals surface area (Å²) in [6.45, 7) is 1.01. The number of carbonyl (C=O) groups is 1. The fraction of sp³-hybridized carbons (Fsp3) is 0.652. The minimum Gasteiger partial charge on any atom is -0.444 e. The number of anilines is 1. The van der Waals surface area contributed by atoms with Crippen LogP contribution in [0, 0.1) is 0 Å². The van der Waals surface area contributed by atoms with E-state index in [1.54, 1.807) is 10.9 Å². The zero-order chi connectivity index (χ0) is 26.0. The highest BCUT2D eigenvalue weighted by Gasteiger charge is 2.31. The number of carbonyl (C=O) groups excluding carboxylic acids is 1. The molecule has 0 bridgehead atoms. The van der Waals surface area contributed by atoms with Crippen LogP contribution in [0.25, 0.3) is 0 Å². The van der Waals surface area contributed by atoms with Crippen molar-refractivity contribution in [3.63, 3.8) is 0 Å². The summed E-state index contributed by atoms with van der Waals surface area (Å²) in [5.74, 6) is 0. The highest BCUT2D eigenvalue weighted by Crippen LogP contribution is 2.30. The van der Waals surface area contributed by atoms with Crippen molar-refractivity contribution in [2.75, 3.05) is 18.0 Å². The number of aromatic nitrogens is 4. The number of ether oxygens (including phenoxy) is 1. The summed E-state index contributed by atoms with van der Waals surface area (Å²) < 4.78 is 35.9. The van der Waals surface area contributed by atoms with Gasteiger partial charge in [-0.1, -0.05) is 24.4 Å². The van der Waals surface area contributed by atoms with Crippen LogP contribution in [-0.4, -0.2) is 65.8 Å². The minimum absolute atomic E-state index is 0.0649. The summed E-state index contributed by atoms with van der Waals surface area (Å²) in [5, 5.41) is 13.3. The van der Waals surface area contributed by atoms with E-state index >= 15 is 0 Å². The van der Waals surface area contributed by atoms with Gasteiger partial charge in [-0.3, -0.25) is 9.48 Å². The number of sulfonamides is 1. The highest BCUT2D eigenvalue weighted by atomic mass is 35.5. The van der Waals surface area contributed by atoms with Crippen LogP contribution in [0.4, 0.5) is 10.5 Å². The third-order valence-corrected chi connectivity index (χ3v) is 9.33. The molecule has 12 nitrogen and oxygen atoms in total. The van der Waals surface area contributed by atoms with Gasteiger partial charge in [0.05, 0.1) is 30.7 Å². The molecule has 2 aromatic heterocycles. The first kappa shape index (κ1) is 26.0. The number of hydrogen-bond acceptors (Lipinski definition) is 8. The molecular weight excluding hydrogens is 522 g/mol. The van der Waals surface area contributed by atoms with Gasteiger partial charge >= 0.3 is 6.09 Å². The maximum atomic E-state index is 12.9. The number of nitrogens with zero attached hydrogens (tertiary/aromatic N) is 4. The Balaban J connectivity index is 1.06. The standard InChI is InChI=1S/C23H32ClN7O5S/c24-21-20(12-25-28-22(21)32)30-10-9-18(13-30)36-23(33)27-15-5-7-16(8-6-15)29-37(34,35)19-11-26-31(14-19)17-3-1-2-4-17/h11-12,14-18,29H,1-10,13H2,(H,27,33)(H,28,32)/t15-,16-,18-/m1/s1. The molecule has 2 saturated carbocycles. The zero-order valence-electron chi connectivity index (χ0n) is 20.4. The molecule has 3 N–H and O–H groups in total. The molecule has 3 heterocycles. The number of hydrogen-bond donors (Lipinski definition) is 3. The van der Waals surface area contributed by atoms with Gasteiger partial charge < -0.3 is 15.0 Å². The van der Waals surface area contributed by atoms with Gasteiger partial charge in [-0.25, -0.2) is 23.0 Å². The van der Waals surface area contributed by atoms with Crippen LogP contribution in [0.3, 0.4) is 0 Å². The van der Waals surface area contributed by atoms with Crippen molar-refractivity contribution < 1.29 is 17.9 Å². The molecular formula is C23H32ClN7O5S. The fourth-order valence-electron chi connectivity index (χ4n) is 5.46. The van der Waals surface area contributed by atoms with Gasteiger partial charge in [0, 0.05) is 31.2 Å². The van der Waals surface area contributed by atoms with E-state index in [1.165, 1.54) is 12.4 Å². The Morgan fingerprint density at radius 2 is 1.81 bits per heavy atom. The van der Waals surface area contributed by atoms with Gasteiger partial charge in [0.25, 0.3) is 5.56 Å². The summed E-state index contributed by atoms with van der Waals surface area (Å²) in [7, 11) is -3.64. The first-order valence-electron chi connectivity index (χ1n) is 12.8. The monoisotopic (exact) mass is 553 g/mol. The number of nitrogens with one attached hydrogen (secondary N) is 3. The molecule has 5 rings (SSSR count). The Bertz CT molecular complexity index is 1270. The van der Waals surface area contributed by atoms with E-state index in [4.69, 9.17) is 16.3 Å². The van der Waals surface area contributed by atoms with Crippen LogP contribution >= 0.6 is 11.6 Å². The second kappa shape index (κ2) is 11.0. The lowest BCUT2D eigenvalue weighted by molar-refractivity contribution is 0.102. The number of rotatable bonds is 7. The van der Waals surface area contributed by atoms with Crippen LogP contribution in [0.15, 0.2) is 28.3 Å². The molecule has 1 atom stereocenters. The summed E-state index contributed by atoms with van der Waals surface area (Å²) in [5.41, 5.74) is 0.0573. The quantitative estimate of drug-likeness (QED) is 0.472. The minimum atomic E-state index is -3.64. The molecule has 2 aliphatic carbocycles. The Labute approximate surface area is 220 Å². The number of aromatic amines is 1. The summed E-state index contributed by atoms with van der Waals surface area (Å²) in [6.07, 6.45) is 11.2. The summed E-state index contributed by atoms with van der Waals surface area (Å²) >= 11 is 6.08. The first-order chi connectivity index (χ1) is 17.8. The van der Waals surface area contributed by atoms with Crippen LogP contribution in [0.1, 0.15) is 63.8 Å². The lowest BCUT2D eigenvalue weighted by Crippen LogP contribution is -2.44. The van der Waals surface area contributed by atoms with Crippen LogP contribution in [-0.2, 0) is 14.8 Å². The van der Waals surface area contributed by atoms with Crippen LogP contribution in [0.5, 0.6) is 0 Å². The average molecular weight is 554 g/mol. The molecule has 3 aliphatic rings. The van der Waals surface area contributed by atoms with Crippen LogP contribution < -0.4 is 20.5 Å². The smallest absolute Gasteiger partial charge is 0.407 e. The molecule has 0 aromatic carbocycles. The zero-order valence-corrected chi connectivity index (χ0v) is 22.0. The lowest BCUT2D eigenvalue weighted by Gasteiger charge is -2.29. The Morgan fingerprint density at radius 3 is 2.57 bits per heavy atom. The SMILES string of the molecule is O=C(N[C@H]1CC[C@H](NS(=O)(=O)c2cnn(C3CCCC3)c2)CC1)O[C@@H]1CCN(c2cn[nH]c(=O)c2Cl)C1. The van der Waals surface area contributed by atoms with E-state index in [9.17, 15) is 18.0 Å². The third-order valence-electron chi connectivity index (χ3n) is 7.49. The highest BCUT2D eigenvalue weighted by molar-refractivity contribution is 7.89. The van der Waals surface area contributed by atoms with E-state index in [0.717, 1.165) is 25.7 Å². The van der Waals surface area contributed by atoms with Gasteiger partial charge in [0.15, 0.2) is 0 Å². The van der Waals surface area contributed by atoms with Gasteiger partial charge in [-0.2, -0.15) is 10.2 Å². The number of alkyl carbamates (subject to hydrolysis) is 1. The maximum absolute atomic E-state index is 12.9. The molecule has 0 spiro atoms. The van der Waals surface area contributed by atoms with E-state index in [0.29, 0.717) is 50.9 Å². The molecule has 2 aromatic rings. The molecule has 0 radical (unpaired) electrons. The predicted molar refractivity (Wildman–Crippen MR) is 136 cm³/mol. The Kier molecular flexibility index (Phi) is 7.72. The lowest BCUT2D eigenvalue weighted by atomic mass is 9.92. The van der Waals surface area contributed by atoms with E-state index in [1.807, 2.05) is 4.90 Å². The van der Waals surface area contributed by atoms with Crippen molar-refractivity contribution in [2.24, 2.45) is 0 Å². The molecule has 1 saturated heterocycles. The maximum Gasteiger partial charge on any atom is 0.407 e. The summed E-state index contributed by atoms with van der Waals surface area (Å²) in [4.78, 5) is 26.2. The fourth-order valence-corrected chi connectivity index (χ4v) is 6.91. The number of halogens is 1. The van der Waals surface area contributed by atoms with E-state index in [2.05, 4.69) is 25.3 Å². The van der Waals surface area contributed by atoms with Crippen molar-refractivity contribution in [3.8, 4) is 0 Å². The van der Waals surface area contributed by atoms with Gasteiger partial charge in [0.2, 0.25) is 10.0 Å². The van der Waals surface area contributed by atoms with Gasteiger partial charge in [-0.15, -0.1) is 0 Å². The van der Waals surface area contributed by atoms with Crippen molar-refractivity contribution >= 4 is 33.4 Å². The molecule has 1 amide bonds. The molecule has 37 heavy (non-hydrogen) atoms. The largest absolute Gasteiger partial charge is 0.444 e. The molecule has 14 heteroatoms.